The molecule has 12 nitrogen and oxygen atoms in total. The van der Waals surface area contributed by atoms with Gasteiger partial charge < -0.3 is 29.2 Å². The Balaban J connectivity index is 0.000000460. The van der Waals surface area contributed by atoms with E-state index in [1.165, 1.54) is 24.3 Å². The summed E-state index contributed by atoms with van der Waals surface area (Å²) >= 11 is 35.5. The number of rotatable bonds is 14. The van der Waals surface area contributed by atoms with E-state index in [9.17, 15) is 28.8 Å². The Morgan fingerprint density at radius 2 is 0.935 bits per heavy atom. The fraction of sp³-hybridized carbons (Fsp3) is 0.286. The van der Waals surface area contributed by atoms with E-state index < -0.39 is 23.9 Å². The normalized spacial score (nSPS) is 9.87. The topological polar surface area (TPSA) is 180 Å². The lowest BCUT2D eigenvalue weighted by Gasteiger charge is -2.14. The van der Waals surface area contributed by atoms with Crippen molar-refractivity contribution >= 4 is 105 Å². The zero-order valence-corrected chi connectivity index (χ0v) is 27.7. The van der Waals surface area contributed by atoms with Crippen molar-refractivity contribution in [2.24, 2.45) is 0 Å². The third-order valence-electron chi connectivity index (χ3n) is 5.06. The average molecular weight is 763 g/mol. The molecule has 2 aromatic rings. The van der Waals surface area contributed by atoms with E-state index >= 15 is 0 Å². The van der Waals surface area contributed by atoms with Crippen LogP contribution in [0.5, 0.6) is 23.0 Å². The summed E-state index contributed by atoms with van der Waals surface area (Å²) in [7, 11) is 0. The Morgan fingerprint density at radius 1 is 0.587 bits per heavy atom. The Hall–Kier alpha value is -3.44. The van der Waals surface area contributed by atoms with Crippen molar-refractivity contribution in [1.82, 2.24) is 0 Å². The molecule has 2 rings (SSSR count). The average Bonchev–Trinajstić information content (AvgIpc) is 3.00. The van der Waals surface area contributed by atoms with Crippen molar-refractivity contribution in [3.8, 4) is 23.0 Å². The maximum Gasteiger partial charge on any atom is 0.422 e. The van der Waals surface area contributed by atoms with E-state index in [1.807, 2.05) is 0 Å². The van der Waals surface area contributed by atoms with Gasteiger partial charge in [0.2, 0.25) is 0 Å². The summed E-state index contributed by atoms with van der Waals surface area (Å²) in [6.45, 7) is 0.335. The molecule has 2 N–H and O–H groups in total. The lowest BCUT2D eigenvalue weighted by Crippen LogP contribution is -2.20. The fourth-order valence-corrected chi connectivity index (χ4v) is 4.36. The van der Waals surface area contributed by atoms with Crippen LogP contribution in [-0.4, -0.2) is 59.2 Å². The van der Waals surface area contributed by atoms with Crippen LogP contribution < -0.4 is 18.9 Å². The number of hydrogen-bond acceptors (Lipinski definition) is 10. The van der Waals surface area contributed by atoms with Gasteiger partial charge in [-0.15, -0.1) is 0 Å². The van der Waals surface area contributed by atoms with Gasteiger partial charge in [0.15, 0.2) is 23.0 Å². The van der Waals surface area contributed by atoms with Crippen LogP contribution in [-0.2, 0) is 28.8 Å². The first-order valence-corrected chi connectivity index (χ1v) is 14.9. The summed E-state index contributed by atoms with van der Waals surface area (Å²) in [6.07, 6.45) is 6.22. The number of carbonyl (C=O) groups is 4. The molecule has 0 fully saturated rings. The van der Waals surface area contributed by atoms with Gasteiger partial charge in [-0.2, -0.15) is 0 Å². The molecule has 2 aromatic carbocycles. The number of esters is 2. The number of unbranched alkanes of at least 4 members (excludes halogenated alkanes) is 4. The molecule has 0 spiro atoms. The van der Waals surface area contributed by atoms with Crippen LogP contribution in [0.3, 0.4) is 0 Å². The van der Waals surface area contributed by atoms with E-state index in [0.717, 1.165) is 0 Å². The number of benzene rings is 2. The Kier molecular flexibility index (Phi) is 18.9. The summed E-state index contributed by atoms with van der Waals surface area (Å²) in [5, 5.41) is 17.0. The summed E-state index contributed by atoms with van der Waals surface area (Å²) in [4.78, 5) is 63.6. The second-order valence-corrected chi connectivity index (χ2v) is 10.7. The van der Waals surface area contributed by atoms with Gasteiger partial charge in [0.05, 0.1) is 33.3 Å². The standard InChI is InChI=1S/2C14H11Cl3O6/c2*15-8-7-9(16)11(23-14(21)13(19)20)12(10(8)17)22-6-4-2-1-3-5-18/h2*3,7H,1-2,4,6H2,(H,19,20). The molecular weight excluding hydrogens is 741 g/mol. The van der Waals surface area contributed by atoms with Gasteiger partial charge in [0.25, 0.3) is 0 Å². The molecule has 18 heteroatoms. The first-order chi connectivity index (χ1) is 21.8. The van der Waals surface area contributed by atoms with Crippen LogP contribution in [0, 0.1) is 0 Å². The second-order valence-electron chi connectivity index (χ2n) is 8.35. The number of ether oxygens (including phenoxy) is 4. The van der Waals surface area contributed by atoms with Crippen molar-refractivity contribution in [3.63, 3.8) is 0 Å². The van der Waals surface area contributed by atoms with E-state index in [-0.39, 0.29) is 66.3 Å². The molecule has 46 heavy (non-hydrogen) atoms. The van der Waals surface area contributed by atoms with Gasteiger partial charge >= 0.3 is 23.9 Å². The first kappa shape index (κ1) is 40.6. The van der Waals surface area contributed by atoms with Crippen LogP contribution in [0.15, 0.2) is 24.3 Å². The molecule has 0 bridgehead atoms. The fourth-order valence-electron chi connectivity index (χ4n) is 3.00. The molecule has 0 saturated carbocycles. The summed E-state index contributed by atoms with van der Waals surface area (Å²) < 4.78 is 20.2. The lowest BCUT2D eigenvalue weighted by molar-refractivity contribution is -0.158. The molecule has 248 valence electrons. The lowest BCUT2D eigenvalue weighted by atomic mass is 10.2. The van der Waals surface area contributed by atoms with Crippen molar-refractivity contribution in [1.29, 1.82) is 0 Å². The number of carboxylic acid groups (broad SMARTS) is 2. The van der Waals surface area contributed by atoms with Crippen LogP contribution in [0.4, 0.5) is 0 Å². The predicted molar refractivity (Wildman–Crippen MR) is 169 cm³/mol. The molecule has 0 saturated heterocycles. The Labute approximate surface area is 291 Å². The SMILES string of the molecule is O=C=CCCCCOc1c(Cl)c(Cl)cc(Cl)c1OC(=O)C(=O)O.O=C=CCCCCOc1c(Cl)c(Cl)cc(Cl)c1OC(=O)C(=O)O. The number of hydrogen-bond donors (Lipinski definition) is 2. The quantitative estimate of drug-likeness (QED) is 0.0497. The molecular formula is C28H22Cl6O12. The highest BCUT2D eigenvalue weighted by molar-refractivity contribution is 6.45. The monoisotopic (exact) mass is 760 g/mol. The summed E-state index contributed by atoms with van der Waals surface area (Å²) in [5.74, 6) is -4.22. The van der Waals surface area contributed by atoms with Gasteiger partial charge in [-0.05, 0) is 62.8 Å². The van der Waals surface area contributed by atoms with Crippen LogP contribution >= 0.6 is 69.6 Å². The molecule has 0 aromatic heterocycles. The van der Waals surface area contributed by atoms with E-state index in [0.29, 0.717) is 38.5 Å². The molecule has 0 amide bonds. The minimum absolute atomic E-state index is 0.0583. The number of carboxylic acids is 2. The van der Waals surface area contributed by atoms with E-state index in [2.05, 4.69) is 9.47 Å². The minimum Gasteiger partial charge on any atom is -0.488 e. The van der Waals surface area contributed by atoms with Crippen LogP contribution in [0.1, 0.15) is 38.5 Å². The smallest absolute Gasteiger partial charge is 0.422 e. The highest BCUT2D eigenvalue weighted by Gasteiger charge is 2.25. The third-order valence-corrected chi connectivity index (χ3v) is 7.16. The number of carbonyl (C=O) groups excluding carboxylic acids is 4. The molecule has 0 aliphatic carbocycles. The van der Waals surface area contributed by atoms with Gasteiger partial charge in [-0.3, -0.25) is 0 Å². The highest BCUT2D eigenvalue weighted by Crippen LogP contribution is 2.46. The van der Waals surface area contributed by atoms with Crippen molar-refractivity contribution in [3.05, 3.63) is 54.4 Å². The first-order valence-electron chi connectivity index (χ1n) is 12.7. The van der Waals surface area contributed by atoms with Gasteiger partial charge in [-0.1, -0.05) is 69.6 Å². The molecule has 0 aliphatic rings. The Morgan fingerprint density at radius 3 is 1.24 bits per heavy atom. The Bertz CT molecular complexity index is 1420. The van der Waals surface area contributed by atoms with Gasteiger partial charge in [0.1, 0.15) is 21.9 Å². The second kappa shape index (κ2) is 21.4. The summed E-state index contributed by atoms with van der Waals surface area (Å²) in [6, 6.07) is 2.41. The maximum absolute atomic E-state index is 11.2. The predicted octanol–water partition coefficient (Wildman–Crippen LogP) is 7.15. The maximum atomic E-state index is 11.2. The van der Waals surface area contributed by atoms with Crippen molar-refractivity contribution in [2.75, 3.05) is 13.2 Å². The molecule has 0 aliphatic heterocycles. The molecule has 0 heterocycles. The summed E-state index contributed by atoms with van der Waals surface area (Å²) in [5.41, 5.74) is 0. The number of allylic oxidation sites excluding steroid dienone is 2. The highest BCUT2D eigenvalue weighted by atomic mass is 35.5. The van der Waals surface area contributed by atoms with Crippen LogP contribution in [0.25, 0.3) is 0 Å². The molecule has 0 unspecified atom stereocenters. The molecule has 0 radical (unpaired) electrons. The number of aliphatic carboxylic acids is 2. The van der Waals surface area contributed by atoms with Crippen molar-refractivity contribution < 1.29 is 57.9 Å². The van der Waals surface area contributed by atoms with Crippen molar-refractivity contribution in [2.45, 2.75) is 38.5 Å². The molecule has 0 atom stereocenters. The zero-order chi connectivity index (χ0) is 34.8. The van der Waals surface area contributed by atoms with Gasteiger partial charge in [0, 0.05) is 0 Å². The van der Waals surface area contributed by atoms with E-state index in [1.54, 1.807) is 11.9 Å². The minimum atomic E-state index is -1.79. The zero-order valence-electron chi connectivity index (χ0n) is 23.2. The number of halogens is 6. The third kappa shape index (κ3) is 13.5. The largest absolute Gasteiger partial charge is 0.488 e. The van der Waals surface area contributed by atoms with Gasteiger partial charge in [-0.25, -0.2) is 28.8 Å². The van der Waals surface area contributed by atoms with Crippen LogP contribution in [0.2, 0.25) is 30.1 Å². The van der Waals surface area contributed by atoms with E-state index in [4.69, 9.17) is 89.3 Å².